The Morgan fingerprint density at radius 1 is 1.11 bits per heavy atom. The predicted molar refractivity (Wildman–Crippen MR) is 76.9 cm³/mol. The van der Waals surface area contributed by atoms with Gasteiger partial charge < -0.3 is 4.98 Å². The van der Waals surface area contributed by atoms with Crippen LogP contribution in [0.3, 0.4) is 0 Å². The largest absolute Gasteiger partial charge is 0.358 e. The molecule has 3 rings (SSSR count). The van der Waals surface area contributed by atoms with Gasteiger partial charge in [-0.2, -0.15) is 0 Å². The Balaban J connectivity index is 2.34. The lowest BCUT2D eigenvalue weighted by Crippen LogP contribution is -2.56. The van der Waals surface area contributed by atoms with E-state index in [9.17, 15) is 0 Å². The van der Waals surface area contributed by atoms with Crippen LogP contribution in [0.25, 0.3) is 10.9 Å². The fourth-order valence-electron chi connectivity index (χ4n) is 3.50. The van der Waals surface area contributed by atoms with E-state index in [2.05, 4.69) is 68.9 Å². The van der Waals surface area contributed by atoms with Gasteiger partial charge in [-0.15, -0.1) is 0 Å². The highest BCUT2D eigenvalue weighted by atomic mass is 15.2. The van der Waals surface area contributed by atoms with E-state index in [1.807, 2.05) is 0 Å². The van der Waals surface area contributed by atoms with E-state index in [1.165, 1.54) is 22.2 Å². The number of rotatable bonds is 0. The maximum Gasteiger partial charge on any atom is 0.0459 e. The lowest BCUT2D eigenvalue weighted by molar-refractivity contribution is 0.0279. The van der Waals surface area contributed by atoms with E-state index < -0.39 is 0 Å². The van der Waals surface area contributed by atoms with Crippen molar-refractivity contribution in [3.05, 3.63) is 35.5 Å². The van der Waals surface area contributed by atoms with Crippen LogP contribution in [0.2, 0.25) is 0 Å². The molecule has 1 aromatic carbocycles. The lowest BCUT2D eigenvalue weighted by atomic mass is 9.78. The van der Waals surface area contributed by atoms with Crippen LogP contribution in [0.1, 0.15) is 39.0 Å². The fraction of sp³-hybridized carbons (Fsp3) is 0.500. The Bertz CT molecular complexity index is 605. The SMILES string of the molecule is CN1C(C)(C)Cc2[nH]c3ccccc3c2C1(C)C. The number of hydrogen-bond donors (Lipinski definition) is 1. The van der Waals surface area contributed by atoms with Gasteiger partial charge in [0.05, 0.1) is 0 Å². The molecule has 0 saturated heterocycles. The number of benzene rings is 1. The van der Waals surface area contributed by atoms with Crippen molar-refractivity contribution in [3.8, 4) is 0 Å². The molecule has 2 aromatic rings. The molecule has 0 spiro atoms. The highest BCUT2D eigenvalue weighted by Crippen LogP contribution is 2.44. The molecule has 2 nitrogen and oxygen atoms in total. The minimum Gasteiger partial charge on any atom is -0.358 e. The average molecular weight is 242 g/mol. The first-order valence-electron chi connectivity index (χ1n) is 6.68. The van der Waals surface area contributed by atoms with Crippen LogP contribution in [-0.4, -0.2) is 22.5 Å². The van der Waals surface area contributed by atoms with Crippen molar-refractivity contribution in [1.29, 1.82) is 0 Å². The second-order valence-electron chi connectivity index (χ2n) is 6.63. The normalized spacial score (nSPS) is 22.1. The van der Waals surface area contributed by atoms with Crippen LogP contribution < -0.4 is 0 Å². The Morgan fingerprint density at radius 2 is 1.78 bits per heavy atom. The number of fused-ring (bicyclic) bond motifs is 3. The van der Waals surface area contributed by atoms with Crippen LogP contribution in [0.5, 0.6) is 0 Å². The summed E-state index contributed by atoms with van der Waals surface area (Å²) in [5, 5.41) is 1.37. The first-order chi connectivity index (χ1) is 8.34. The molecule has 0 amide bonds. The van der Waals surface area contributed by atoms with Crippen molar-refractivity contribution in [2.24, 2.45) is 0 Å². The van der Waals surface area contributed by atoms with Gasteiger partial charge >= 0.3 is 0 Å². The van der Waals surface area contributed by atoms with Crippen LogP contribution in [0.4, 0.5) is 0 Å². The minimum atomic E-state index is 0.0662. The molecular formula is C16H22N2. The lowest BCUT2D eigenvalue weighted by Gasteiger charge is -2.50. The fourth-order valence-corrected chi connectivity index (χ4v) is 3.50. The molecule has 0 bridgehead atoms. The predicted octanol–water partition coefficient (Wildman–Crippen LogP) is 3.67. The number of aromatic amines is 1. The third kappa shape index (κ3) is 1.39. The third-order valence-electron chi connectivity index (χ3n) is 4.75. The molecule has 1 aliphatic rings. The van der Waals surface area contributed by atoms with Crippen molar-refractivity contribution >= 4 is 10.9 Å². The molecule has 2 heterocycles. The Labute approximate surface area is 109 Å². The number of hydrogen-bond acceptors (Lipinski definition) is 1. The molecule has 18 heavy (non-hydrogen) atoms. The molecule has 0 fully saturated rings. The van der Waals surface area contributed by atoms with Gasteiger partial charge in [0.15, 0.2) is 0 Å². The van der Waals surface area contributed by atoms with Gasteiger partial charge in [0, 0.05) is 39.7 Å². The Morgan fingerprint density at radius 3 is 2.50 bits per heavy atom. The summed E-state index contributed by atoms with van der Waals surface area (Å²) in [6, 6.07) is 8.65. The topological polar surface area (TPSA) is 19.0 Å². The number of likely N-dealkylation sites (N-methyl/N-ethyl adjacent to an activating group) is 1. The Kier molecular flexibility index (Phi) is 2.22. The summed E-state index contributed by atoms with van der Waals surface area (Å²) in [4.78, 5) is 6.12. The number of aromatic nitrogens is 1. The van der Waals surface area contributed by atoms with Gasteiger partial charge in [0.25, 0.3) is 0 Å². The zero-order chi connectivity index (χ0) is 13.1. The van der Waals surface area contributed by atoms with Gasteiger partial charge in [-0.3, -0.25) is 4.90 Å². The van der Waals surface area contributed by atoms with Crippen LogP contribution in [-0.2, 0) is 12.0 Å². The minimum absolute atomic E-state index is 0.0662. The van der Waals surface area contributed by atoms with E-state index in [0.29, 0.717) is 0 Å². The number of para-hydroxylation sites is 1. The molecule has 96 valence electrons. The highest BCUT2D eigenvalue weighted by molar-refractivity contribution is 5.86. The number of nitrogens with one attached hydrogen (secondary N) is 1. The van der Waals surface area contributed by atoms with Gasteiger partial charge in [0.2, 0.25) is 0 Å². The van der Waals surface area contributed by atoms with E-state index in [1.54, 1.807) is 0 Å². The third-order valence-corrected chi connectivity index (χ3v) is 4.75. The second kappa shape index (κ2) is 3.39. The van der Waals surface area contributed by atoms with Crippen molar-refractivity contribution in [3.63, 3.8) is 0 Å². The average Bonchev–Trinajstić information content (AvgIpc) is 2.64. The van der Waals surface area contributed by atoms with E-state index in [4.69, 9.17) is 0 Å². The summed E-state index contributed by atoms with van der Waals surface area (Å²) in [5.41, 5.74) is 4.40. The molecule has 0 atom stereocenters. The molecule has 0 radical (unpaired) electrons. The summed E-state index contributed by atoms with van der Waals surface area (Å²) >= 11 is 0. The van der Waals surface area contributed by atoms with E-state index in [0.717, 1.165) is 6.42 Å². The molecular weight excluding hydrogens is 220 g/mol. The summed E-state index contributed by atoms with van der Waals surface area (Å²) in [7, 11) is 2.24. The quantitative estimate of drug-likeness (QED) is 0.747. The highest BCUT2D eigenvalue weighted by Gasteiger charge is 2.43. The van der Waals surface area contributed by atoms with Crippen LogP contribution in [0.15, 0.2) is 24.3 Å². The zero-order valence-corrected chi connectivity index (χ0v) is 12.0. The summed E-state index contributed by atoms with van der Waals surface area (Å²) < 4.78 is 0. The second-order valence-corrected chi connectivity index (χ2v) is 6.63. The molecule has 1 aromatic heterocycles. The van der Waals surface area contributed by atoms with Crippen molar-refractivity contribution < 1.29 is 0 Å². The zero-order valence-electron chi connectivity index (χ0n) is 12.0. The maximum atomic E-state index is 3.62. The first kappa shape index (κ1) is 11.8. The van der Waals surface area contributed by atoms with E-state index in [-0.39, 0.29) is 11.1 Å². The van der Waals surface area contributed by atoms with Crippen molar-refractivity contribution in [2.45, 2.75) is 45.2 Å². The maximum absolute atomic E-state index is 3.62. The van der Waals surface area contributed by atoms with Gasteiger partial charge in [-0.1, -0.05) is 18.2 Å². The van der Waals surface area contributed by atoms with Crippen molar-refractivity contribution in [2.75, 3.05) is 7.05 Å². The van der Waals surface area contributed by atoms with Crippen LogP contribution in [0, 0.1) is 0 Å². The van der Waals surface area contributed by atoms with Crippen LogP contribution >= 0.6 is 0 Å². The summed E-state index contributed by atoms with van der Waals surface area (Å²) in [6.45, 7) is 9.30. The smallest absolute Gasteiger partial charge is 0.0459 e. The van der Waals surface area contributed by atoms with Gasteiger partial charge in [-0.05, 0) is 40.8 Å². The van der Waals surface area contributed by atoms with Crippen molar-refractivity contribution in [1.82, 2.24) is 9.88 Å². The molecule has 1 aliphatic heterocycles. The monoisotopic (exact) mass is 242 g/mol. The molecule has 0 aliphatic carbocycles. The van der Waals surface area contributed by atoms with Gasteiger partial charge in [-0.25, -0.2) is 0 Å². The standard InChI is InChI=1S/C16H22N2/c1-15(2)10-13-14(16(3,4)18(15)5)11-8-6-7-9-12(11)17-13/h6-9,17H,10H2,1-5H3. The summed E-state index contributed by atoms with van der Waals surface area (Å²) in [6.07, 6.45) is 1.08. The van der Waals surface area contributed by atoms with E-state index >= 15 is 0 Å². The molecule has 1 N–H and O–H groups in total. The number of nitrogens with zero attached hydrogens (tertiary/aromatic N) is 1. The van der Waals surface area contributed by atoms with Gasteiger partial charge in [0.1, 0.15) is 0 Å². The number of H-pyrrole nitrogens is 1. The molecule has 2 heteroatoms. The Hall–Kier alpha value is -1.28. The molecule has 0 saturated carbocycles. The molecule has 0 unspecified atom stereocenters. The summed E-state index contributed by atoms with van der Waals surface area (Å²) in [5.74, 6) is 0. The first-order valence-corrected chi connectivity index (χ1v) is 6.68.